The van der Waals surface area contributed by atoms with Gasteiger partial charge in [0, 0.05) is 29.9 Å². The normalized spacial score (nSPS) is 12.9. The predicted molar refractivity (Wildman–Crippen MR) is 146 cm³/mol. The van der Waals surface area contributed by atoms with Crippen molar-refractivity contribution in [3.8, 4) is 22.6 Å². The number of aliphatic hydroxyl groups excluding tert-OH is 2. The van der Waals surface area contributed by atoms with Gasteiger partial charge in [-0.2, -0.15) is 0 Å². The van der Waals surface area contributed by atoms with Gasteiger partial charge in [0.1, 0.15) is 11.6 Å². The number of rotatable bonds is 12. The fourth-order valence-corrected chi connectivity index (χ4v) is 4.40. The standard InChI is InChI=1S/C29H32FN5O4/c1-18(2)28-34-26(19-8-10-20(30)11-9-19)27(35(28)15-13-22(36)16-23(37)17-25(38)39)24-12-14-31-29(33-24)32-21-6-4-3-5-7-21/h3-12,14,18,22-23,36-37H,13,15-17H2,1-2H3,(H,38,39)(H,31,32,33)/t22-,23-/m1/s1. The lowest BCUT2D eigenvalue weighted by atomic mass is 10.1. The molecule has 4 aromatic rings. The highest BCUT2D eigenvalue weighted by Gasteiger charge is 2.24. The van der Waals surface area contributed by atoms with Crippen LogP contribution in [0.5, 0.6) is 0 Å². The molecule has 2 aromatic heterocycles. The van der Waals surface area contributed by atoms with E-state index < -0.39 is 24.6 Å². The molecule has 0 aliphatic heterocycles. The highest BCUT2D eigenvalue weighted by Crippen LogP contribution is 2.35. The van der Waals surface area contributed by atoms with Crippen LogP contribution in [-0.4, -0.2) is 53.0 Å². The number of benzene rings is 2. The van der Waals surface area contributed by atoms with E-state index in [-0.39, 0.29) is 24.6 Å². The molecule has 0 aliphatic carbocycles. The number of anilines is 2. The zero-order valence-electron chi connectivity index (χ0n) is 21.8. The number of halogens is 1. The van der Waals surface area contributed by atoms with Crippen molar-refractivity contribution in [2.45, 2.75) is 57.8 Å². The van der Waals surface area contributed by atoms with E-state index in [1.54, 1.807) is 24.4 Å². The van der Waals surface area contributed by atoms with Gasteiger partial charge in [-0.05, 0) is 55.3 Å². The van der Waals surface area contributed by atoms with Crippen LogP contribution in [0.3, 0.4) is 0 Å². The third kappa shape index (κ3) is 7.24. The van der Waals surface area contributed by atoms with Crippen molar-refractivity contribution in [1.82, 2.24) is 19.5 Å². The average Bonchev–Trinajstić information content (AvgIpc) is 3.28. The van der Waals surface area contributed by atoms with Crippen LogP contribution in [0.2, 0.25) is 0 Å². The topological polar surface area (TPSA) is 133 Å². The van der Waals surface area contributed by atoms with Gasteiger partial charge >= 0.3 is 5.97 Å². The molecule has 4 rings (SSSR count). The molecule has 2 heterocycles. The number of para-hydroxylation sites is 1. The number of nitrogens with one attached hydrogen (secondary N) is 1. The summed E-state index contributed by atoms with van der Waals surface area (Å²) >= 11 is 0. The maximum absolute atomic E-state index is 13.8. The van der Waals surface area contributed by atoms with Crippen LogP contribution in [0.4, 0.5) is 16.0 Å². The molecule has 9 nitrogen and oxygen atoms in total. The van der Waals surface area contributed by atoms with Gasteiger partial charge in [0.15, 0.2) is 0 Å². The number of carboxylic acids is 1. The Kier molecular flexibility index (Phi) is 9.00. The van der Waals surface area contributed by atoms with Crippen molar-refractivity contribution >= 4 is 17.6 Å². The summed E-state index contributed by atoms with van der Waals surface area (Å²) in [5, 5.41) is 32.7. The lowest BCUT2D eigenvalue weighted by Crippen LogP contribution is -2.22. The quantitative estimate of drug-likeness (QED) is 0.200. The molecule has 0 amide bonds. The lowest BCUT2D eigenvalue weighted by Gasteiger charge is -2.18. The molecular weight excluding hydrogens is 501 g/mol. The first kappa shape index (κ1) is 27.9. The Hall–Kier alpha value is -4.15. The molecule has 0 saturated carbocycles. The first-order valence-electron chi connectivity index (χ1n) is 12.8. The molecule has 0 bridgehead atoms. The van der Waals surface area contributed by atoms with Crippen LogP contribution in [0.15, 0.2) is 66.9 Å². The fraction of sp³-hybridized carbons (Fsp3) is 0.310. The summed E-state index contributed by atoms with van der Waals surface area (Å²) in [6, 6.07) is 17.4. The highest BCUT2D eigenvalue weighted by atomic mass is 19.1. The smallest absolute Gasteiger partial charge is 0.305 e. The SMILES string of the molecule is CC(C)c1nc(-c2ccc(F)cc2)c(-c2ccnc(Nc3ccccc3)n2)n1CC[C@@H](O)C[C@@H](O)CC(=O)O. The second-order valence-corrected chi connectivity index (χ2v) is 9.67. The van der Waals surface area contributed by atoms with Crippen molar-refractivity contribution in [3.05, 3.63) is 78.5 Å². The van der Waals surface area contributed by atoms with Gasteiger partial charge in [-0.25, -0.2) is 19.3 Å². The Morgan fingerprint density at radius 2 is 1.72 bits per heavy atom. The van der Waals surface area contributed by atoms with Crippen LogP contribution in [0.25, 0.3) is 22.6 Å². The molecule has 0 aliphatic rings. The van der Waals surface area contributed by atoms with E-state index in [0.29, 0.717) is 35.1 Å². The molecule has 4 N–H and O–H groups in total. The molecule has 2 atom stereocenters. The molecule has 39 heavy (non-hydrogen) atoms. The first-order valence-corrected chi connectivity index (χ1v) is 12.8. The Morgan fingerprint density at radius 3 is 2.38 bits per heavy atom. The minimum Gasteiger partial charge on any atom is -0.481 e. The summed E-state index contributed by atoms with van der Waals surface area (Å²) in [7, 11) is 0. The van der Waals surface area contributed by atoms with Gasteiger partial charge in [-0.3, -0.25) is 4.79 Å². The number of imidazole rings is 1. The van der Waals surface area contributed by atoms with E-state index in [4.69, 9.17) is 15.1 Å². The van der Waals surface area contributed by atoms with E-state index in [9.17, 15) is 19.4 Å². The molecule has 0 spiro atoms. The Morgan fingerprint density at radius 1 is 1.00 bits per heavy atom. The second-order valence-electron chi connectivity index (χ2n) is 9.67. The van der Waals surface area contributed by atoms with Gasteiger partial charge in [-0.1, -0.05) is 32.0 Å². The van der Waals surface area contributed by atoms with Crippen LogP contribution in [0.1, 0.15) is 44.9 Å². The number of carboxylic acid groups (broad SMARTS) is 1. The van der Waals surface area contributed by atoms with Crippen molar-refractivity contribution in [3.63, 3.8) is 0 Å². The number of nitrogens with zero attached hydrogens (tertiary/aromatic N) is 4. The van der Waals surface area contributed by atoms with E-state index in [2.05, 4.69) is 10.3 Å². The maximum Gasteiger partial charge on any atom is 0.305 e. The van der Waals surface area contributed by atoms with Crippen molar-refractivity contribution in [2.75, 3.05) is 5.32 Å². The summed E-state index contributed by atoms with van der Waals surface area (Å²) in [5.74, 6) is -0.334. The van der Waals surface area contributed by atoms with Crippen molar-refractivity contribution in [1.29, 1.82) is 0 Å². The summed E-state index contributed by atoms with van der Waals surface area (Å²) in [4.78, 5) is 24.9. The molecule has 10 heteroatoms. The lowest BCUT2D eigenvalue weighted by molar-refractivity contribution is -0.139. The van der Waals surface area contributed by atoms with Crippen molar-refractivity contribution < 1.29 is 24.5 Å². The monoisotopic (exact) mass is 533 g/mol. The van der Waals surface area contributed by atoms with Gasteiger partial charge in [0.25, 0.3) is 0 Å². The summed E-state index contributed by atoms with van der Waals surface area (Å²) in [6.07, 6.45) is -0.667. The zero-order valence-corrected chi connectivity index (χ0v) is 21.8. The summed E-state index contributed by atoms with van der Waals surface area (Å²) in [5.41, 5.74) is 3.42. The highest BCUT2D eigenvalue weighted by molar-refractivity contribution is 5.78. The average molecular weight is 534 g/mol. The van der Waals surface area contributed by atoms with Crippen LogP contribution < -0.4 is 5.32 Å². The van der Waals surface area contributed by atoms with Crippen LogP contribution >= 0.6 is 0 Å². The third-order valence-corrected chi connectivity index (χ3v) is 6.20. The third-order valence-electron chi connectivity index (χ3n) is 6.20. The van der Waals surface area contributed by atoms with E-state index in [1.807, 2.05) is 48.7 Å². The second kappa shape index (κ2) is 12.6. The minimum atomic E-state index is -1.15. The molecule has 0 radical (unpaired) electrons. The Bertz CT molecular complexity index is 1390. The summed E-state index contributed by atoms with van der Waals surface area (Å²) < 4.78 is 15.7. The number of aliphatic carboxylic acids is 1. The number of hydrogen-bond donors (Lipinski definition) is 4. The van der Waals surface area contributed by atoms with E-state index in [0.717, 1.165) is 11.5 Å². The Balaban J connectivity index is 1.74. The van der Waals surface area contributed by atoms with Crippen molar-refractivity contribution in [2.24, 2.45) is 0 Å². The molecule has 2 aromatic carbocycles. The van der Waals surface area contributed by atoms with Crippen LogP contribution in [-0.2, 0) is 11.3 Å². The first-order chi connectivity index (χ1) is 18.7. The van der Waals surface area contributed by atoms with E-state index >= 15 is 0 Å². The van der Waals surface area contributed by atoms with Gasteiger partial charge in [0.05, 0.1) is 35.7 Å². The predicted octanol–water partition coefficient (Wildman–Crippen LogP) is 4.99. The number of hydrogen-bond acceptors (Lipinski definition) is 7. The molecule has 204 valence electrons. The molecule has 0 unspecified atom stereocenters. The summed E-state index contributed by atoms with van der Waals surface area (Å²) in [6.45, 7) is 4.35. The van der Waals surface area contributed by atoms with Gasteiger partial charge in [0.2, 0.25) is 5.95 Å². The fourth-order valence-electron chi connectivity index (χ4n) is 4.40. The van der Waals surface area contributed by atoms with E-state index in [1.165, 1.54) is 12.1 Å². The molecule has 0 saturated heterocycles. The Labute approximate surface area is 226 Å². The zero-order chi connectivity index (χ0) is 27.9. The number of carbonyl (C=O) groups is 1. The minimum absolute atomic E-state index is 0.0106. The van der Waals surface area contributed by atoms with Gasteiger partial charge < -0.3 is 25.2 Å². The van der Waals surface area contributed by atoms with Gasteiger partial charge in [-0.15, -0.1) is 0 Å². The molecular formula is C29H32FN5O4. The number of aliphatic hydroxyl groups is 2. The van der Waals surface area contributed by atoms with Crippen LogP contribution in [0, 0.1) is 5.82 Å². The number of aromatic nitrogens is 4. The largest absolute Gasteiger partial charge is 0.481 e. The maximum atomic E-state index is 13.8. The molecule has 0 fully saturated rings.